The van der Waals surface area contributed by atoms with E-state index in [4.69, 9.17) is 5.26 Å². The maximum atomic E-state index is 11.8. The molecule has 0 fully saturated rings. The lowest BCUT2D eigenvalue weighted by molar-refractivity contribution is -0.113. The average molecular weight is 294 g/mol. The first kappa shape index (κ1) is 13.7. The minimum absolute atomic E-state index is 0.0681. The number of rotatable bonds is 4. The smallest absolute Gasteiger partial charge is 0.234 e. The van der Waals surface area contributed by atoms with Crippen LogP contribution in [0.25, 0.3) is 11.1 Å². The number of nitrogens with zero attached hydrogens (tertiary/aromatic N) is 1. The van der Waals surface area contributed by atoms with E-state index in [0.717, 1.165) is 12.1 Å². The minimum Gasteiger partial charge on any atom is -0.325 e. The van der Waals surface area contributed by atoms with Crippen LogP contribution < -0.4 is 5.32 Å². The number of fused-ring (bicyclic) bond motifs is 3. The summed E-state index contributed by atoms with van der Waals surface area (Å²) in [5.74, 6) is 0.577. The van der Waals surface area contributed by atoms with Gasteiger partial charge >= 0.3 is 0 Å². The Morgan fingerprint density at radius 3 is 2.86 bits per heavy atom. The first-order chi connectivity index (χ1) is 10.3. The molecule has 0 unspecified atom stereocenters. The van der Waals surface area contributed by atoms with Crippen LogP contribution in [0.5, 0.6) is 0 Å². The number of amides is 1. The molecule has 0 saturated heterocycles. The van der Waals surface area contributed by atoms with Crippen molar-refractivity contribution in [3.63, 3.8) is 0 Å². The highest BCUT2D eigenvalue weighted by molar-refractivity contribution is 8.00. The van der Waals surface area contributed by atoms with E-state index in [2.05, 4.69) is 29.6 Å². The fourth-order valence-electron chi connectivity index (χ4n) is 2.59. The molecule has 1 aliphatic carbocycles. The molecule has 0 saturated carbocycles. The molecule has 1 amide bonds. The van der Waals surface area contributed by atoms with Gasteiger partial charge in [0.2, 0.25) is 5.91 Å². The van der Waals surface area contributed by atoms with E-state index in [9.17, 15) is 4.79 Å². The van der Waals surface area contributed by atoms with E-state index in [1.54, 1.807) is 0 Å². The summed E-state index contributed by atoms with van der Waals surface area (Å²) in [6, 6.07) is 16.4. The van der Waals surface area contributed by atoms with Crippen LogP contribution in [0.3, 0.4) is 0 Å². The summed E-state index contributed by atoms with van der Waals surface area (Å²) >= 11 is 1.32. The van der Waals surface area contributed by atoms with Crippen molar-refractivity contribution in [1.29, 1.82) is 5.26 Å². The van der Waals surface area contributed by atoms with Gasteiger partial charge in [0.05, 0.1) is 17.6 Å². The maximum absolute atomic E-state index is 11.8. The molecule has 2 aromatic carbocycles. The van der Waals surface area contributed by atoms with Gasteiger partial charge < -0.3 is 5.32 Å². The van der Waals surface area contributed by atoms with Crippen molar-refractivity contribution < 1.29 is 4.79 Å². The summed E-state index contributed by atoms with van der Waals surface area (Å²) < 4.78 is 0. The molecule has 4 heteroatoms. The molecule has 21 heavy (non-hydrogen) atoms. The summed E-state index contributed by atoms with van der Waals surface area (Å²) in [5.41, 5.74) is 5.90. The van der Waals surface area contributed by atoms with Crippen LogP contribution in [0.1, 0.15) is 11.1 Å². The highest BCUT2D eigenvalue weighted by Gasteiger charge is 2.18. The highest BCUT2D eigenvalue weighted by Crippen LogP contribution is 2.37. The van der Waals surface area contributed by atoms with E-state index in [0.29, 0.717) is 11.5 Å². The number of hydrogen-bond acceptors (Lipinski definition) is 3. The molecular formula is C17H14N2OS. The second-order valence-corrected chi connectivity index (χ2v) is 5.89. The predicted octanol–water partition coefficient (Wildman–Crippen LogP) is 3.45. The van der Waals surface area contributed by atoms with Crippen LogP contribution in [0.4, 0.5) is 5.69 Å². The second-order valence-electron chi connectivity index (χ2n) is 4.90. The van der Waals surface area contributed by atoms with Crippen LogP contribution >= 0.6 is 11.8 Å². The number of thioether (sulfide) groups is 1. The molecule has 0 atom stereocenters. The van der Waals surface area contributed by atoms with Gasteiger partial charge in [-0.2, -0.15) is 5.26 Å². The number of hydrogen-bond donors (Lipinski definition) is 1. The van der Waals surface area contributed by atoms with E-state index >= 15 is 0 Å². The molecule has 0 heterocycles. The third kappa shape index (κ3) is 2.93. The van der Waals surface area contributed by atoms with Crippen molar-refractivity contribution in [3.05, 3.63) is 53.6 Å². The van der Waals surface area contributed by atoms with Crippen molar-refractivity contribution in [3.8, 4) is 17.2 Å². The first-order valence-electron chi connectivity index (χ1n) is 6.73. The van der Waals surface area contributed by atoms with Crippen molar-refractivity contribution in [2.75, 3.05) is 16.8 Å². The third-order valence-corrected chi connectivity index (χ3v) is 4.28. The standard InChI is InChI=1S/C17H14N2OS/c18-7-8-21-11-17(20)19-14-6-5-13-9-12-3-1-2-4-15(12)16(13)10-14/h1-6,10H,8-9,11H2,(H,19,20). The van der Waals surface area contributed by atoms with Gasteiger partial charge in [0.1, 0.15) is 0 Å². The summed E-state index contributed by atoms with van der Waals surface area (Å²) in [5, 5.41) is 11.4. The Morgan fingerprint density at radius 1 is 1.19 bits per heavy atom. The first-order valence-corrected chi connectivity index (χ1v) is 7.89. The van der Waals surface area contributed by atoms with Crippen molar-refractivity contribution in [1.82, 2.24) is 0 Å². The van der Waals surface area contributed by atoms with Gasteiger partial charge in [-0.3, -0.25) is 4.79 Å². The van der Waals surface area contributed by atoms with Crippen LogP contribution in [0.15, 0.2) is 42.5 Å². The van der Waals surface area contributed by atoms with Crippen LogP contribution in [0.2, 0.25) is 0 Å². The highest BCUT2D eigenvalue weighted by atomic mass is 32.2. The molecule has 104 valence electrons. The number of nitrogens with one attached hydrogen (secondary N) is 1. The number of anilines is 1. The van der Waals surface area contributed by atoms with Gasteiger partial charge in [0.15, 0.2) is 0 Å². The monoisotopic (exact) mass is 294 g/mol. The summed E-state index contributed by atoms with van der Waals surface area (Å²) in [6.45, 7) is 0. The molecule has 0 aromatic heterocycles. The Labute approximate surface area is 128 Å². The lowest BCUT2D eigenvalue weighted by Crippen LogP contribution is -2.14. The number of nitriles is 1. The van der Waals surface area contributed by atoms with Gasteiger partial charge in [0, 0.05) is 5.69 Å². The van der Waals surface area contributed by atoms with E-state index in [-0.39, 0.29) is 5.91 Å². The van der Waals surface area contributed by atoms with E-state index < -0.39 is 0 Å². The van der Waals surface area contributed by atoms with Gasteiger partial charge in [-0.05, 0) is 40.8 Å². The van der Waals surface area contributed by atoms with Gasteiger partial charge in [0.25, 0.3) is 0 Å². The largest absolute Gasteiger partial charge is 0.325 e. The number of benzene rings is 2. The van der Waals surface area contributed by atoms with Gasteiger partial charge in [-0.15, -0.1) is 11.8 Å². The van der Waals surface area contributed by atoms with E-state index in [1.165, 1.54) is 34.0 Å². The fourth-order valence-corrected chi connectivity index (χ4v) is 3.04. The van der Waals surface area contributed by atoms with Crippen LogP contribution in [-0.2, 0) is 11.2 Å². The predicted molar refractivity (Wildman–Crippen MR) is 86.3 cm³/mol. The third-order valence-electron chi connectivity index (χ3n) is 3.48. The lowest BCUT2D eigenvalue weighted by Gasteiger charge is -2.07. The summed E-state index contributed by atoms with van der Waals surface area (Å²) in [7, 11) is 0. The molecule has 0 spiro atoms. The molecule has 0 aliphatic heterocycles. The zero-order valence-corrected chi connectivity index (χ0v) is 12.2. The lowest BCUT2D eigenvalue weighted by atomic mass is 10.1. The van der Waals surface area contributed by atoms with Crippen molar-refractivity contribution >= 4 is 23.4 Å². The molecule has 1 aliphatic rings. The van der Waals surface area contributed by atoms with Gasteiger partial charge in [-0.1, -0.05) is 30.3 Å². The van der Waals surface area contributed by atoms with Gasteiger partial charge in [-0.25, -0.2) is 0 Å². The fraction of sp³-hybridized carbons (Fsp3) is 0.176. The second kappa shape index (κ2) is 6.02. The molecule has 3 nitrogen and oxygen atoms in total. The number of carbonyl (C=O) groups excluding carboxylic acids is 1. The van der Waals surface area contributed by atoms with Crippen molar-refractivity contribution in [2.24, 2.45) is 0 Å². The zero-order valence-electron chi connectivity index (χ0n) is 11.4. The van der Waals surface area contributed by atoms with Crippen LogP contribution in [-0.4, -0.2) is 17.4 Å². The normalized spacial score (nSPS) is 11.4. The Kier molecular flexibility index (Phi) is 3.94. The maximum Gasteiger partial charge on any atom is 0.234 e. The number of carbonyl (C=O) groups is 1. The molecule has 0 bridgehead atoms. The summed E-state index contributed by atoms with van der Waals surface area (Å²) in [4.78, 5) is 11.8. The Morgan fingerprint density at radius 2 is 2.00 bits per heavy atom. The van der Waals surface area contributed by atoms with E-state index in [1.807, 2.05) is 24.3 Å². The Balaban J connectivity index is 1.76. The zero-order chi connectivity index (χ0) is 14.7. The summed E-state index contributed by atoms with van der Waals surface area (Å²) in [6.07, 6.45) is 0.956. The SMILES string of the molecule is N#CCSCC(=O)Nc1ccc2c(c1)-c1ccccc1C2. The Hall–Kier alpha value is -2.25. The quantitative estimate of drug-likeness (QED) is 0.750. The average Bonchev–Trinajstić information content (AvgIpc) is 2.86. The van der Waals surface area contributed by atoms with Crippen molar-refractivity contribution in [2.45, 2.75) is 6.42 Å². The molecular weight excluding hydrogens is 280 g/mol. The molecule has 3 rings (SSSR count). The minimum atomic E-state index is -0.0681. The molecule has 0 radical (unpaired) electrons. The topological polar surface area (TPSA) is 52.9 Å². The molecule has 2 aromatic rings. The van der Waals surface area contributed by atoms with Crippen LogP contribution in [0, 0.1) is 11.3 Å². The Bertz CT molecular complexity index is 734. The molecule has 1 N–H and O–H groups in total.